The van der Waals surface area contributed by atoms with E-state index in [2.05, 4.69) is 28.1 Å². The summed E-state index contributed by atoms with van der Waals surface area (Å²) in [7, 11) is 0. The van der Waals surface area contributed by atoms with Gasteiger partial charge in [-0.15, -0.1) is 5.10 Å². The molecule has 0 spiro atoms. The van der Waals surface area contributed by atoms with E-state index in [9.17, 15) is 4.39 Å². The van der Waals surface area contributed by atoms with Gasteiger partial charge in [0.15, 0.2) is 5.82 Å². The molecule has 0 radical (unpaired) electrons. The first-order valence-electron chi connectivity index (χ1n) is 7.36. The average molecular weight is 296 g/mol. The third-order valence-electron chi connectivity index (χ3n) is 4.29. The fraction of sp³-hybridized carbons (Fsp3) is 0.353. The maximum atomic E-state index is 13.1. The van der Waals surface area contributed by atoms with E-state index in [-0.39, 0.29) is 11.4 Å². The minimum Gasteiger partial charge on any atom is -0.349 e. The lowest BCUT2D eigenvalue weighted by Crippen LogP contribution is -2.43. The van der Waals surface area contributed by atoms with E-state index in [1.54, 1.807) is 6.07 Å². The smallest absolute Gasteiger partial charge is 0.153 e. The van der Waals surface area contributed by atoms with E-state index in [1.165, 1.54) is 18.3 Å². The molecule has 1 unspecified atom stereocenters. The van der Waals surface area contributed by atoms with Crippen molar-refractivity contribution in [1.82, 2.24) is 10.2 Å². The zero-order chi connectivity index (χ0) is 15.6. The quantitative estimate of drug-likeness (QED) is 0.873. The summed E-state index contributed by atoms with van der Waals surface area (Å²) in [6, 6.07) is 10.5. The molecule has 1 aliphatic heterocycles. The fourth-order valence-electron chi connectivity index (χ4n) is 3.19. The van der Waals surface area contributed by atoms with Crippen LogP contribution in [0.1, 0.15) is 30.9 Å². The molecule has 0 aliphatic carbocycles. The Hall–Kier alpha value is -2.48. The molecule has 5 heteroatoms. The molecule has 1 aromatic carbocycles. The van der Waals surface area contributed by atoms with Crippen molar-refractivity contribution in [3.05, 3.63) is 53.5 Å². The molecule has 1 atom stereocenters. The van der Waals surface area contributed by atoms with Gasteiger partial charge in [0.2, 0.25) is 0 Å². The van der Waals surface area contributed by atoms with E-state index in [0.29, 0.717) is 5.56 Å². The second-order valence-electron chi connectivity index (χ2n) is 5.97. The Morgan fingerprint density at radius 1 is 1.36 bits per heavy atom. The number of aromatic nitrogens is 2. The van der Waals surface area contributed by atoms with E-state index >= 15 is 0 Å². The first-order chi connectivity index (χ1) is 10.6. The summed E-state index contributed by atoms with van der Waals surface area (Å²) in [4.78, 5) is 2.21. The molecule has 0 N–H and O–H groups in total. The summed E-state index contributed by atoms with van der Waals surface area (Å²) in [6.45, 7) is 3.07. The highest BCUT2D eigenvalue weighted by Gasteiger charge is 2.37. The minimum absolute atomic E-state index is 0.0966. The van der Waals surface area contributed by atoms with Crippen LogP contribution in [0, 0.1) is 17.1 Å². The Morgan fingerprint density at radius 2 is 2.14 bits per heavy atom. The third-order valence-corrected chi connectivity index (χ3v) is 4.29. The molecule has 0 saturated carbocycles. The van der Waals surface area contributed by atoms with Gasteiger partial charge in [-0.2, -0.15) is 10.4 Å². The standard InChI is InChI=1S/C17H17FN4/c1-17(10-13-3-5-15(18)6-4-13)7-2-8-22(17)16-9-14(11-19)12-20-21-16/h3-6,9,12H,2,7-8,10H2,1H3. The van der Waals surface area contributed by atoms with Gasteiger partial charge >= 0.3 is 0 Å². The van der Waals surface area contributed by atoms with Crippen LogP contribution in [0.25, 0.3) is 0 Å². The molecular weight excluding hydrogens is 279 g/mol. The van der Waals surface area contributed by atoms with Crippen molar-refractivity contribution in [1.29, 1.82) is 5.26 Å². The van der Waals surface area contributed by atoms with Crippen molar-refractivity contribution in [3.8, 4) is 6.07 Å². The molecule has 2 aromatic rings. The molecule has 4 nitrogen and oxygen atoms in total. The second-order valence-corrected chi connectivity index (χ2v) is 5.97. The van der Waals surface area contributed by atoms with Crippen molar-refractivity contribution in [2.75, 3.05) is 11.4 Å². The molecule has 1 fully saturated rings. The van der Waals surface area contributed by atoms with Gasteiger partial charge in [-0.05, 0) is 43.9 Å². The summed E-state index contributed by atoms with van der Waals surface area (Å²) in [5.74, 6) is 0.519. The highest BCUT2D eigenvalue weighted by atomic mass is 19.1. The molecule has 2 heterocycles. The second kappa shape index (κ2) is 5.72. The van der Waals surface area contributed by atoms with Gasteiger partial charge in [-0.1, -0.05) is 12.1 Å². The van der Waals surface area contributed by atoms with Gasteiger partial charge in [0.05, 0.1) is 11.8 Å². The minimum atomic E-state index is -0.218. The molecule has 1 aromatic heterocycles. The normalized spacial score (nSPS) is 20.9. The van der Waals surface area contributed by atoms with Crippen LogP contribution in [0.3, 0.4) is 0 Å². The Kier molecular flexibility index (Phi) is 3.76. The molecule has 112 valence electrons. The zero-order valence-corrected chi connectivity index (χ0v) is 12.5. The van der Waals surface area contributed by atoms with Crippen LogP contribution in [0.5, 0.6) is 0 Å². The van der Waals surface area contributed by atoms with Crippen LogP contribution in [0.4, 0.5) is 10.2 Å². The van der Waals surface area contributed by atoms with Crippen LogP contribution < -0.4 is 4.90 Å². The molecular formula is C17H17FN4. The molecule has 0 bridgehead atoms. The van der Waals surface area contributed by atoms with E-state index in [1.807, 2.05) is 12.1 Å². The Labute approximate surface area is 129 Å². The highest BCUT2D eigenvalue weighted by molar-refractivity contribution is 5.47. The monoisotopic (exact) mass is 296 g/mol. The molecule has 3 rings (SSSR count). The summed E-state index contributed by atoms with van der Waals surface area (Å²) < 4.78 is 13.1. The molecule has 1 saturated heterocycles. The number of halogens is 1. The van der Waals surface area contributed by atoms with Crippen molar-refractivity contribution < 1.29 is 4.39 Å². The van der Waals surface area contributed by atoms with E-state index in [4.69, 9.17) is 5.26 Å². The number of benzene rings is 1. The van der Waals surface area contributed by atoms with Gasteiger partial charge in [0, 0.05) is 18.2 Å². The van der Waals surface area contributed by atoms with Crippen LogP contribution in [-0.2, 0) is 6.42 Å². The Bertz CT molecular complexity index is 707. The number of rotatable bonds is 3. The fourth-order valence-corrected chi connectivity index (χ4v) is 3.19. The van der Waals surface area contributed by atoms with Crippen LogP contribution >= 0.6 is 0 Å². The lowest BCUT2D eigenvalue weighted by atomic mass is 9.90. The Morgan fingerprint density at radius 3 is 2.86 bits per heavy atom. The van der Waals surface area contributed by atoms with E-state index in [0.717, 1.165) is 37.2 Å². The largest absolute Gasteiger partial charge is 0.349 e. The number of anilines is 1. The molecule has 0 amide bonds. The first-order valence-corrected chi connectivity index (χ1v) is 7.36. The SMILES string of the molecule is CC1(Cc2ccc(F)cc2)CCCN1c1cc(C#N)cnn1. The van der Waals surface area contributed by atoms with Crippen LogP contribution in [-0.4, -0.2) is 22.3 Å². The maximum Gasteiger partial charge on any atom is 0.153 e. The predicted molar refractivity (Wildman–Crippen MR) is 81.8 cm³/mol. The van der Waals surface area contributed by atoms with Crippen molar-refractivity contribution in [3.63, 3.8) is 0 Å². The van der Waals surface area contributed by atoms with Crippen molar-refractivity contribution >= 4 is 5.82 Å². The number of nitriles is 1. The van der Waals surface area contributed by atoms with E-state index < -0.39 is 0 Å². The zero-order valence-electron chi connectivity index (χ0n) is 12.5. The molecule has 22 heavy (non-hydrogen) atoms. The summed E-state index contributed by atoms with van der Waals surface area (Å²) >= 11 is 0. The molecule has 1 aliphatic rings. The highest BCUT2D eigenvalue weighted by Crippen LogP contribution is 2.35. The predicted octanol–water partition coefficient (Wildman–Crippen LogP) is 3.09. The van der Waals surface area contributed by atoms with Gasteiger partial charge in [0.1, 0.15) is 11.9 Å². The van der Waals surface area contributed by atoms with Crippen molar-refractivity contribution in [2.45, 2.75) is 31.7 Å². The number of hydrogen-bond donors (Lipinski definition) is 0. The maximum absolute atomic E-state index is 13.1. The lowest BCUT2D eigenvalue weighted by molar-refractivity contribution is 0.460. The topological polar surface area (TPSA) is 52.8 Å². The summed E-state index contributed by atoms with van der Waals surface area (Å²) in [5.41, 5.74) is 1.52. The number of nitrogens with zero attached hydrogens (tertiary/aromatic N) is 4. The van der Waals surface area contributed by atoms with Gasteiger partial charge < -0.3 is 4.90 Å². The van der Waals surface area contributed by atoms with Gasteiger partial charge in [-0.25, -0.2) is 4.39 Å². The van der Waals surface area contributed by atoms with Gasteiger partial charge in [0.25, 0.3) is 0 Å². The average Bonchev–Trinajstić information content (AvgIpc) is 2.91. The number of hydrogen-bond acceptors (Lipinski definition) is 4. The first kappa shape index (κ1) is 14.5. The lowest BCUT2D eigenvalue weighted by Gasteiger charge is -2.36. The summed E-state index contributed by atoms with van der Waals surface area (Å²) in [5, 5.41) is 17.1. The van der Waals surface area contributed by atoms with Crippen molar-refractivity contribution in [2.24, 2.45) is 0 Å². The van der Waals surface area contributed by atoms with Gasteiger partial charge in [-0.3, -0.25) is 0 Å². The Balaban J connectivity index is 1.87. The van der Waals surface area contributed by atoms with Crippen LogP contribution in [0.2, 0.25) is 0 Å². The van der Waals surface area contributed by atoms with Crippen LogP contribution in [0.15, 0.2) is 36.5 Å². The summed E-state index contributed by atoms with van der Waals surface area (Å²) in [6.07, 6.45) is 4.38. The third kappa shape index (κ3) is 2.77.